The van der Waals surface area contributed by atoms with Crippen molar-refractivity contribution in [2.45, 2.75) is 13.0 Å². The van der Waals surface area contributed by atoms with Gasteiger partial charge in [0.05, 0.1) is 18.4 Å². The number of amides is 1. The molecule has 0 heterocycles. The summed E-state index contributed by atoms with van der Waals surface area (Å²) >= 11 is 11.7. The minimum atomic E-state index is -1.01. The largest absolute Gasteiger partial charge is 0.495 e. The van der Waals surface area contributed by atoms with Crippen LogP contribution in [0.15, 0.2) is 42.5 Å². The zero-order chi connectivity index (χ0) is 17.7. The topological polar surface area (TPSA) is 64.6 Å². The molecule has 0 saturated carbocycles. The Morgan fingerprint density at radius 3 is 2.46 bits per heavy atom. The zero-order valence-electron chi connectivity index (χ0n) is 13.0. The molecule has 0 aromatic heterocycles. The second kappa shape index (κ2) is 8.04. The molecule has 0 aliphatic rings. The van der Waals surface area contributed by atoms with Gasteiger partial charge in [0.15, 0.2) is 6.10 Å². The van der Waals surface area contributed by atoms with Crippen molar-refractivity contribution in [1.82, 2.24) is 0 Å². The summed E-state index contributed by atoms with van der Waals surface area (Å²) < 4.78 is 10.3. The molecule has 2 aromatic rings. The van der Waals surface area contributed by atoms with Crippen LogP contribution in [0, 0.1) is 0 Å². The van der Waals surface area contributed by atoms with Crippen LogP contribution in [-0.2, 0) is 9.53 Å². The average Bonchev–Trinajstić information content (AvgIpc) is 2.55. The third kappa shape index (κ3) is 4.63. The molecule has 0 aliphatic carbocycles. The molecule has 1 amide bonds. The van der Waals surface area contributed by atoms with Gasteiger partial charge in [-0.15, -0.1) is 0 Å². The summed E-state index contributed by atoms with van der Waals surface area (Å²) in [4.78, 5) is 24.2. The first-order valence-electron chi connectivity index (χ1n) is 7.01. The molecular weight excluding hydrogens is 353 g/mol. The molecule has 0 radical (unpaired) electrons. The van der Waals surface area contributed by atoms with Crippen LogP contribution in [0.5, 0.6) is 5.75 Å². The van der Waals surface area contributed by atoms with Crippen LogP contribution >= 0.6 is 23.2 Å². The summed E-state index contributed by atoms with van der Waals surface area (Å²) in [6, 6.07) is 11.1. The summed E-state index contributed by atoms with van der Waals surface area (Å²) in [6.07, 6.45) is -1.01. The quantitative estimate of drug-likeness (QED) is 0.804. The highest BCUT2D eigenvalue weighted by molar-refractivity contribution is 6.31. The summed E-state index contributed by atoms with van der Waals surface area (Å²) in [5.41, 5.74) is 0.656. The maximum Gasteiger partial charge on any atom is 0.338 e. The van der Waals surface area contributed by atoms with E-state index >= 15 is 0 Å². The second-order valence-electron chi connectivity index (χ2n) is 4.89. The summed E-state index contributed by atoms with van der Waals surface area (Å²) in [6.45, 7) is 1.47. The maximum absolute atomic E-state index is 12.2. The number of carbonyl (C=O) groups is 2. The van der Waals surface area contributed by atoms with Gasteiger partial charge in [0.1, 0.15) is 5.75 Å². The third-order valence-corrected chi connectivity index (χ3v) is 3.60. The van der Waals surface area contributed by atoms with Gasteiger partial charge in [-0.3, -0.25) is 4.79 Å². The number of halogens is 2. The summed E-state index contributed by atoms with van der Waals surface area (Å²) in [5.74, 6) is -0.703. The normalized spacial score (nSPS) is 11.5. The number of benzene rings is 2. The molecular formula is C17H15Cl2NO4. The average molecular weight is 368 g/mol. The van der Waals surface area contributed by atoms with E-state index in [1.807, 2.05) is 0 Å². The molecule has 0 saturated heterocycles. The Bertz CT molecular complexity index is 764. The third-order valence-electron chi connectivity index (χ3n) is 3.13. The lowest BCUT2D eigenvalue weighted by atomic mass is 10.2. The minimum Gasteiger partial charge on any atom is -0.495 e. The lowest BCUT2D eigenvalue weighted by Gasteiger charge is -2.15. The Labute approximate surface area is 149 Å². The SMILES string of the molecule is COc1ccc(Cl)cc1NC(=O)[C@H](C)OC(=O)c1cccc(Cl)c1. The highest BCUT2D eigenvalue weighted by Crippen LogP contribution is 2.27. The molecule has 2 aromatic carbocycles. The van der Waals surface area contributed by atoms with E-state index in [0.717, 1.165) is 0 Å². The molecule has 1 N–H and O–H groups in total. The number of anilines is 1. The first-order valence-corrected chi connectivity index (χ1v) is 7.77. The van der Waals surface area contributed by atoms with Crippen LogP contribution in [0.1, 0.15) is 17.3 Å². The second-order valence-corrected chi connectivity index (χ2v) is 5.76. The Hall–Kier alpha value is -2.24. The van der Waals surface area contributed by atoms with Crippen LogP contribution < -0.4 is 10.1 Å². The van der Waals surface area contributed by atoms with Gasteiger partial charge in [-0.2, -0.15) is 0 Å². The van der Waals surface area contributed by atoms with E-state index in [1.165, 1.54) is 20.1 Å². The van der Waals surface area contributed by atoms with Gasteiger partial charge in [0, 0.05) is 10.0 Å². The van der Waals surface area contributed by atoms with Crippen LogP contribution in [0.3, 0.4) is 0 Å². The number of carbonyl (C=O) groups excluding carboxylic acids is 2. The number of methoxy groups -OCH3 is 1. The van der Waals surface area contributed by atoms with E-state index in [0.29, 0.717) is 21.5 Å². The van der Waals surface area contributed by atoms with Gasteiger partial charge in [-0.25, -0.2) is 4.79 Å². The number of hydrogen-bond donors (Lipinski definition) is 1. The molecule has 5 nitrogen and oxygen atoms in total. The number of rotatable bonds is 5. The number of nitrogens with one attached hydrogen (secondary N) is 1. The highest BCUT2D eigenvalue weighted by atomic mass is 35.5. The standard InChI is InChI=1S/C17H15Cl2NO4/c1-10(24-17(22)11-4-3-5-12(18)8-11)16(21)20-14-9-13(19)6-7-15(14)23-2/h3-10H,1-2H3,(H,20,21)/t10-/m0/s1. The summed E-state index contributed by atoms with van der Waals surface area (Å²) in [5, 5.41) is 3.47. The van der Waals surface area contributed by atoms with Crippen molar-refractivity contribution in [1.29, 1.82) is 0 Å². The van der Waals surface area contributed by atoms with Crippen LogP contribution in [0.4, 0.5) is 5.69 Å². The predicted octanol–water partition coefficient (Wildman–Crippen LogP) is 4.19. The number of esters is 1. The fraction of sp³-hybridized carbons (Fsp3) is 0.176. The molecule has 7 heteroatoms. The summed E-state index contributed by atoms with van der Waals surface area (Å²) in [7, 11) is 1.47. The molecule has 1 atom stereocenters. The van der Waals surface area contributed by atoms with Gasteiger partial charge in [-0.1, -0.05) is 29.3 Å². The van der Waals surface area contributed by atoms with Crippen LogP contribution in [0.25, 0.3) is 0 Å². The fourth-order valence-electron chi connectivity index (χ4n) is 1.91. The predicted molar refractivity (Wildman–Crippen MR) is 93.0 cm³/mol. The fourth-order valence-corrected chi connectivity index (χ4v) is 2.27. The maximum atomic E-state index is 12.2. The molecule has 126 valence electrons. The Morgan fingerprint density at radius 1 is 1.08 bits per heavy atom. The number of ether oxygens (including phenoxy) is 2. The van der Waals surface area contributed by atoms with Gasteiger partial charge in [0.2, 0.25) is 0 Å². The highest BCUT2D eigenvalue weighted by Gasteiger charge is 2.20. The smallest absolute Gasteiger partial charge is 0.338 e. The molecule has 0 fully saturated rings. The van der Waals surface area contributed by atoms with E-state index in [-0.39, 0.29) is 5.56 Å². The van der Waals surface area contributed by atoms with Gasteiger partial charge >= 0.3 is 5.97 Å². The van der Waals surface area contributed by atoms with Gasteiger partial charge in [0.25, 0.3) is 5.91 Å². The van der Waals surface area contributed by atoms with Crippen molar-refractivity contribution in [3.8, 4) is 5.75 Å². The van der Waals surface area contributed by atoms with E-state index in [9.17, 15) is 9.59 Å². The van der Waals surface area contributed by atoms with Crippen molar-refractivity contribution >= 4 is 40.8 Å². The molecule has 0 unspecified atom stereocenters. The van der Waals surface area contributed by atoms with Crippen molar-refractivity contribution in [2.24, 2.45) is 0 Å². The van der Waals surface area contributed by atoms with E-state index < -0.39 is 18.0 Å². The van der Waals surface area contributed by atoms with Crippen molar-refractivity contribution in [3.05, 3.63) is 58.1 Å². The first kappa shape index (κ1) is 18.1. The molecule has 24 heavy (non-hydrogen) atoms. The zero-order valence-corrected chi connectivity index (χ0v) is 14.5. The lowest BCUT2D eigenvalue weighted by molar-refractivity contribution is -0.123. The number of hydrogen-bond acceptors (Lipinski definition) is 4. The van der Waals surface area contributed by atoms with Crippen molar-refractivity contribution < 1.29 is 19.1 Å². The van der Waals surface area contributed by atoms with Crippen molar-refractivity contribution in [3.63, 3.8) is 0 Å². The van der Waals surface area contributed by atoms with Crippen LogP contribution in [-0.4, -0.2) is 25.1 Å². The van der Waals surface area contributed by atoms with E-state index in [4.69, 9.17) is 32.7 Å². The first-order chi connectivity index (χ1) is 11.4. The van der Waals surface area contributed by atoms with E-state index in [2.05, 4.69) is 5.32 Å². The van der Waals surface area contributed by atoms with Crippen LogP contribution in [0.2, 0.25) is 10.0 Å². The van der Waals surface area contributed by atoms with E-state index in [1.54, 1.807) is 36.4 Å². The molecule has 0 spiro atoms. The van der Waals surface area contributed by atoms with Gasteiger partial charge < -0.3 is 14.8 Å². The Kier molecular flexibility index (Phi) is 6.06. The van der Waals surface area contributed by atoms with Crippen molar-refractivity contribution in [2.75, 3.05) is 12.4 Å². The van der Waals surface area contributed by atoms with Gasteiger partial charge in [-0.05, 0) is 43.3 Å². The molecule has 2 rings (SSSR count). The lowest BCUT2D eigenvalue weighted by Crippen LogP contribution is -2.30. The Morgan fingerprint density at radius 2 is 1.79 bits per heavy atom. The minimum absolute atomic E-state index is 0.266. The monoisotopic (exact) mass is 367 g/mol. The molecule has 0 bridgehead atoms. The molecule has 0 aliphatic heterocycles. The Balaban J connectivity index is 2.05.